The summed E-state index contributed by atoms with van der Waals surface area (Å²) in [6.45, 7) is 6.82. The first-order valence-corrected chi connectivity index (χ1v) is 5.47. The number of hydrogen-bond acceptors (Lipinski definition) is 0. The highest BCUT2D eigenvalue weighted by atomic mass is 28.3. The summed E-state index contributed by atoms with van der Waals surface area (Å²) in [6, 6.07) is 0. The van der Waals surface area contributed by atoms with Gasteiger partial charge in [0.15, 0.2) is 0 Å². The molecule has 0 nitrogen and oxygen atoms in total. The first-order chi connectivity index (χ1) is 3.72. The van der Waals surface area contributed by atoms with Crippen molar-refractivity contribution in [1.29, 1.82) is 0 Å². The van der Waals surface area contributed by atoms with Gasteiger partial charge in [0.1, 0.15) is 0 Å². The van der Waals surface area contributed by atoms with Gasteiger partial charge in [-0.15, -0.1) is 0 Å². The van der Waals surface area contributed by atoms with Crippen molar-refractivity contribution in [3.8, 4) is 0 Å². The Kier molecular flexibility index (Phi) is 1.38. The molecule has 0 N–H and O–H groups in total. The van der Waals surface area contributed by atoms with Gasteiger partial charge < -0.3 is 0 Å². The highest BCUT2D eigenvalue weighted by molar-refractivity contribution is 6.71. The molecule has 0 fully saturated rings. The Balaban J connectivity index is 2.85. The van der Waals surface area contributed by atoms with Crippen LogP contribution in [-0.2, 0) is 0 Å². The molecule has 1 heteroatoms. The predicted molar refractivity (Wildman–Crippen MR) is 40.5 cm³/mol. The third kappa shape index (κ3) is 0.780. The predicted octanol–water partition coefficient (Wildman–Crippen LogP) is 1.83. The minimum atomic E-state index is -0.502. The Labute approximate surface area is 52.5 Å². The monoisotopic (exact) mass is 124 g/mol. The van der Waals surface area contributed by atoms with Crippen molar-refractivity contribution in [2.45, 2.75) is 20.4 Å². The van der Waals surface area contributed by atoms with E-state index in [1.807, 2.05) is 0 Å². The lowest BCUT2D eigenvalue weighted by Gasteiger charge is -1.97. The van der Waals surface area contributed by atoms with E-state index in [-0.39, 0.29) is 0 Å². The summed E-state index contributed by atoms with van der Waals surface area (Å²) in [6.07, 6.45) is 2.26. The van der Waals surface area contributed by atoms with Crippen molar-refractivity contribution in [3.63, 3.8) is 0 Å². The normalized spacial score (nSPS) is 27.6. The summed E-state index contributed by atoms with van der Waals surface area (Å²) in [4.78, 5) is 0. The lowest BCUT2D eigenvalue weighted by molar-refractivity contribution is 1.46. The molecule has 0 radical (unpaired) electrons. The van der Waals surface area contributed by atoms with Gasteiger partial charge in [-0.2, -0.15) is 0 Å². The van der Waals surface area contributed by atoms with Crippen LogP contribution >= 0.6 is 0 Å². The molecule has 0 amide bonds. The molecule has 0 bridgehead atoms. The van der Waals surface area contributed by atoms with Crippen LogP contribution in [0.5, 0.6) is 0 Å². The van der Waals surface area contributed by atoms with E-state index in [4.69, 9.17) is 0 Å². The average molecular weight is 124 g/mol. The van der Waals surface area contributed by atoms with E-state index in [1.165, 1.54) is 5.57 Å². The smallest absolute Gasteiger partial charge is 0.0858 e. The van der Waals surface area contributed by atoms with Crippen LogP contribution in [0.4, 0.5) is 0 Å². The Bertz CT molecular complexity index is 154. The number of hydrogen-bond donors (Lipinski definition) is 0. The van der Waals surface area contributed by atoms with E-state index < -0.39 is 8.80 Å². The second-order valence-electron chi connectivity index (χ2n) is 2.51. The second-order valence-corrected chi connectivity index (χ2v) is 5.34. The number of allylic oxidation sites excluding steroid dienone is 3. The molecule has 0 aromatic carbocycles. The molecule has 44 valence electrons. The van der Waals surface area contributed by atoms with Crippen molar-refractivity contribution in [2.75, 3.05) is 0 Å². The Morgan fingerprint density at radius 3 is 2.12 bits per heavy atom. The fourth-order valence-corrected chi connectivity index (χ4v) is 2.60. The van der Waals surface area contributed by atoms with Crippen LogP contribution in [0.3, 0.4) is 0 Å². The quantitative estimate of drug-likeness (QED) is 0.432. The van der Waals surface area contributed by atoms with Crippen LogP contribution in [0.2, 0.25) is 6.55 Å². The maximum absolute atomic E-state index is 2.38. The van der Waals surface area contributed by atoms with Gasteiger partial charge >= 0.3 is 0 Å². The molecule has 8 heavy (non-hydrogen) atoms. The molecule has 0 saturated carbocycles. The van der Waals surface area contributed by atoms with Crippen LogP contribution in [0.15, 0.2) is 22.5 Å². The average Bonchev–Trinajstić information content (AvgIpc) is 1.98. The molecular weight excluding hydrogens is 112 g/mol. The minimum absolute atomic E-state index is 0.502. The van der Waals surface area contributed by atoms with Crippen LogP contribution in [-0.4, -0.2) is 8.80 Å². The van der Waals surface area contributed by atoms with Gasteiger partial charge in [0.2, 0.25) is 0 Å². The second kappa shape index (κ2) is 1.90. The fourth-order valence-electron chi connectivity index (χ4n) is 0.924. The fraction of sp³-hybridized carbons (Fsp3) is 0.429. The van der Waals surface area contributed by atoms with Crippen LogP contribution < -0.4 is 0 Å². The summed E-state index contributed by atoms with van der Waals surface area (Å²) >= 11 is 0. The SMILES string of the molecule is CC1=C(C)[SiH](C)C=C1. The van der Waals surface area contributed by atoms with Gasteiger partial charge in [-0.1, -0.05) is 29.1 Å². The molecule has 1 unspecified atom stereocenters. The van der Waals surface area contributed by atoms with E-state index in [2.05, 4.69) is 32.2 Å². The van der Waals surface area contributed by atoms with Gasteiger partial charge in [-0.3, -0.25) is 0 Å². The molecule has 1 rings (SSSR count). The largest absolute Gasteiger partial charge is 0.0932 e. The maximum atomic E-state index is 2.38. The van der Waals surface area contributed by atoms with Crippen LogP contribution in [0.1, 0.15) is 13.8 Å². The molecule has 0 saturated heterocycles. The molecule has 1 atom stereocenters. The zero-order valence-corrected chi connectivity index (χ0v) is 6.89. The Hall–Kier alpha value is -0.303. The summed E-state index contributed by atoms with van der Waals surface area (Å²) in [7, 11) is -0.502. The highest BCUT2D eigenvalue weighted by Gasteiger charge is 2.08. The molecule has 0 aromatic heterocycles. The third-order valence-corrected chi connectivity index (χ3v) is 4.53. The summed E-state index contributed by atoms with van der Waals surface area (Å²) in [5, 5.41) is 1.66. The van der Waals surface area contributed by atoms with Crippen molar-refractivity contribution < 1.29 is 0 Å². The van der Waals surface area contributed by atoms with E-state index in [9.17, 15) is 0 Å². The van der Waals surface area contributed by atoms with E-state index in [0.29, 0.717) is 0 Å². The summed E-state index contributed by atoms with van der Waals surface area (Å²) < 4.78 is 0. The minimum Gasteiger partial charge on any atom is -0.0932 e. The molecular formula is C7H12Si. The van der Waals surface area contributed by atoms with E-state index in [0.717, 1.165) is 0 Å². The van der Waals surface area contributed by atoms with Gasteiger partial charge in [0.05, 0.1) is 8.80 Å². The first kappa shape index (κ1) is 5.83. The summed E-state index contributed by atoms with van der Waals surface area (Å²) in [5.41, 5.74) is 3.88. The van der Waals surface area contributed by atoms with E-state index >= 15 is 0 Å². The first-order valence-electron chi connectivity index (χ1n) is 3.07. The molecule has 1 aliphatic rings. The zero-order valence-electron chi connectivity index (χ0n) is 5.73. The van der Waals surface area contributed by atoms with Crippen molar-refractivity contribution in [3.05, 3.63) is 22.5 Å². The zero-order chi connectivity index (χ0) is 6.15. The molecule has 1 heterocycles. The van der Waals surface area contributed by atoms with Crippen LogP contribution in [0, 0.1) is 0 Å². The van der Waals surface area contributed by atoms with Crippen LogP contribution in [0.25, 0.3) is 0 Å². The van der Waals surface area contributed by atoms with Crippen molar-refractivity contribution >= 4 is 8.80 Å². The van der Waals surface area contributed by atoms with E-state index in [1.54, 1.807) is 5.20 Å². The van der Waals surface area contributed by atoms with Gasteiger partial charge in [-0.05, 0) is 13.8 Å². The number of rotatable bonds is 0. The Morgan fingerprint density at radius 2 is 2.00 bits per heavy atom. The lowest BCUT2D eigenvalue weighted by Crippen LogP contribution is -2.01. The standard InChI is InChI=1S/C7H12Si/c1-6-4-5-8(3)7(6)2/h4-5,8H,1-3H3. The maximum Gasteiger partial charge on any atom is 0.0858 e. The van der Waals surface area contributed by atoms with Gasteiger partial charge in [-0.25, -0.2) is 0 Å². The molecule has 0 aromatic rings. The molecule has 0 aliphatic carbocycles. The summed E-state index contributed by atoms with van der Waals surface area (Å²) in [5.74, 6) is 0. The highest BCUT2D eigenvalue weighted by Crippen LogP contribution is 2.15. The topological polar surface area (TPSA) is 0 Å². The van der Waals surface area contributed by atoms with Crippen molar-refractivity contribution in [1.82, 2.24) is 0 Å². The van der Waals surface area contributed by atoms with Gasteiger partial charge in [0, 0.05) is 0 Å². The molecule has 0 spiro atoms. The van der Waals surface area contributed by atoms with Crippen molar-refractivity contribution in [2.24, 2.45) is 0 Å². The van der Waals surface area contributed by atoms with Gasteiger partial charge in [0.25, 0.3) is 0 Å². The third-order valence-electron chi connectivity index (χ3n) is 1.94. The lowest BCUT2D eigenvalue weighted by atomic mass is 10.3. The molecule has 1 aliphatic heterocycles. The Morgan fingerprint density at radius 1 is 1.38 bits per heavy atom.